The number of nitrogens with two attached hydrogens (primary N) is 4. The molecule has 0 spiro atoms. The van der Waals surface area contributed by atoms with E-state index in [1.54, 1.807) is 13.1 Å². The molecule has 3 rings (SSSR count). The molecule has 1 amide bonds. The predicted molar refractivity (Wildman–Crippen MR) is 162 cm³/mol. The first-order valence-electron chi connectivity index (χ1n) is 15.3. The maximum atomic E-state index is 12.9. The Labute approximate surface area is 267 Å². The molecule has 1 aliphatic carbocycles. The molecule has 2 aliphatic heterocycles. The fraction of sp³-hybridized carbons (Fsp3) is 0.852. The Kier molecular flexibility index (Phi) is 14.3. The zero-order valence-corrected chi connectivity index (χ0v) is 26.1. The van der Waals surface area contributed by atoms with Gasteiger partial charge in [0.15, 0.2) is 12.2 Å². The van der Waals surface area contributed by atoms with Gasteiger partial charge in [-0.3, -0.25) is 9.79 Å². The van der Waals surface area contributed by atoms with E-state index in [1.165, 1.54) is 6.92 Å². The normalized spacial score (nSPS) is 37.8. The van der Waals surface area contributed by atoms with Crippen molar-refractivity contribution in [3.05, 3.63) is 11.8 Å². The number of hydrogen-bond acceptors (Lipinski definition) is 16. The maximum Gasteiger partial charge on any atom is 0.249 e. The molecule has 17 N–H and O–H groups in total. The molecule has 3 aliphatic rings. The van der Waals surface area contributed by atoms with Gasteiger partial charge in [0.25, 0.3) is 0 Å². The van der Waals surface area contributed by atoms with E-state index >= 15 is 0 Å². The lowest BCUT2D eigenvalue weighted by atomic mass is 9.83. The number of aliphatic hydroxyl groups excluding tert-OH is 5. The Bertz CT molecular complexity index is 1040. The van der Waals surface area contributed by atoms with Gasteiger partial charge >= 0.3 is 0 Å². The van der Waals surface area contributed by atoms with Gasteiger partial charge in [0.2, 0.25) is 12.2 Å². The smallest absolute Gasteiger partial charge is 0.249 e. The first-order valence-corrected chi connectivity index (χ1v) is 15.3. The number of hydrogen-bond donors (Lipinski definition) is 13. The van der Waals surface area contributed by atoms with Gasteiger partial charge in [-0.15, -0.1) is 0 Å². The van der Waals surface area contributed by atoms with Crippen LogP contribution in [-0.4, -0.2) is 161 Å². The van der Waals surface area contributed by atoms with Crippen LogP contribution in [0, 0.1) is 0 Å². The van der Waals surface area contributed by atoms with Crippen molar-refractivity contribution in [1.29, 1.82) is 0 Å². The molecular formula is C27H52N8O11. The van der Waals surface area contributed by atoms with Crippen LogP contribution in [0.1, 0.15) is 26.2 Å². The highest BCUT2D eigenvalue weighted by atomic mass is 16.7. The number of nitrogens with zero attached hydrogens (tertiary/aromatic N) is 1. The summed E-state index contributed by atoms with van der Waals surface area (Å²) in [7, 11) is 1.55. The molecule has 0 aromatic rings. The molecule has 0 radical (unpaired) electrons. The van der Waals surface area contributed by atoms with Crippen LogP contribution in [0.4, 0.5) is 0 Å². The molecule has 2 heterocycles. The topological polar surface area (TPSA) is 328 Å². The van der Waals surface area contributed by atoms with Crippen molar-refractivity contribution < 1.29 is 54.4 Å². The summed E-state index contributed by atoms with van der Waals surface area (Å²) >= 11 is 0. The van der Waals surface area contributed by atoms with Gasteiger partial charge in [-0.1, -0.05) is 0 Å². The number of nitrogens with one attached hydrogen (secondary N) is 3. The standard InChI is InChI=1S/C27H52N8O11/c1-27(42)11-43-25(19(40)22(27)32-2)46-21-16(35-23(41)17(38)5-6-34-26(30)31)7-15(29)20(18(21)39)45-24-14(28)4-3-13(44-24)9-33-8-12(37)10-36/h3,12,14-22,24-25,32-33,36-40,42H,4-11,28-29H2,1-2H3,(H,35,41)(H4,30,31,34)/t12?,14-,15+,16-,17+,18+,19-,20-,21+,22-,24-,25-,27+/m1/s1. The quantitative estimate of drug-likeness (QED) is 0.0571. The van der Waals surface area contributed by atoms with Gasteiger partial charge in [0.1, 0.15) is 41.9 Å². The number of amides is 1. The van der Waals surface area contributed by atoms with Crippen molar-refractivity contribution in [1.82, 2.24) is 16.0 Å². The van der Waals surface area contributed by atoms with E-state index in [0.717, 1.165) is 0 Å². The molecule has 46 heavy (non-hydrogen) atoms. The van der Waals surface area contributed by atoms with Gasteiger partial charge < -0.3 is 88.5 Å². The van der Waals surface area contributed by atoms with E-state index in [1.807, 2.05) is 0 Å². The summed E-state index contributed by atoms with van der Waals surface area (Å²) < 4.78 is 23.8. The molecular weight excluding hydrogens is 612 g/mol. The van der Waals surface area contributed by atoms with Crippen LogP contribution >= 0.6 is 0 Å². The number of aliphatic imine (C=N–C) groups is 1. The average Bonchev–Trinajstić information content (AvgIpc) is 2.99. The molecule has 1 saturated carbocycles. The summed E-state index contributed by atoms with van der Waals surface area (Å²) in [5.74, 6) is -0.526. The van der Waals surface area contributed by atoms with E-state index in [2.05, 4.69) is 20.9 Å². The average molecular weight is 665 g/mol. The van der Waals surface area contributed by atoms with Crippen LogP contribution in [0.5, 0.6) is 0 Å². The van der Waals surface area contributed by atoms with Crippen molar-refractivity contribution in [3.8, 4) is 0 Å². The van der Waals surface area contributed by atoms with Gasteiger partial charge in [0.05, 0.1) is 44.0 Å². The molecule has 19 nitrogen and oxygen atoms in total. The second-order valence-electron chi connectivity index (χ2n) is 12.1. The monoisotopic (exact) mass is 664 g/mol. The molecule has 1 saturated heterocycles. The van der Waals surface area contributed by atoms with Crippen LogP contribution in [-0.2, 0) is 23.7 Å². The van der Waals surface area contributed by atoms with Crippen molar-refractivity contribution in [2.75, 3.05) is 39.9 Å². The molecule has 13 atom stereocenters. The zero-order chi connectivity index (χ0) is 34.2. The highest BCUT2D eigenvalue weighted by Crippen LogP contribution is 2.32. The Morgan fingerprint density at radius 1 is 1.15 bits per heavy atom. The highest BCUT2D eigenvalue weighted by molar-refractivity contribution is 5.81. The third-order valence-corrected chi connectivity index (χ3v) is 8.19. The molecule has 1 unspecified atom stereocenters. The summed E-state index contributed by atoms with van der Waals surface area (Å²) in [5, 5.41) is 70.7. The van der Waals surface area contributed by atoms with Gasteiger partial charge in [-0.25, -0.2) is 0 Å². The van der Waals surface area contributed by atoms with Crippen molar-refractivity contribution >= 4 is 11.9 Å². The molecule has 0 aromatic heterocycles. The molecule has 0 bridgehead atoms. The third-order valence-electron chi connectivity index (χ3n) is 8.19. The SMILES string of the molecule is CN[C@@H]1[C@@H](O)[C@@H](O[C@@H]2[C@@H](O)[C@H](O[C@H]3OC(CNCC(O)CO)=CC[C@H]3N)[C@@H](N)C[C@H]2NC(=O)[C@@H](O)CCN=C(N)N)OC[C@]1(C)O. The Morgan fingerprint density at radius 3 is 2.50 bits per heavy atom. The Balaban J connectivity index is 1.77. The molecule has 266 valence electrons. The van der Waals surface area contributed by atoms with Crippen molar-refractivity contribution in [2.45, 2.75) is 105 Å². The van der Waals surface area contributed by atoms with Gasteiger partial charge in [-0.2, -0.15) is 0 Å². The molecule has 2 fully saturated rings. The number of guanidine groups is 1. The lowest BCUT2D eigenvalue weighted by Gasteiger charge is -2.48. The second-order valence-corrected chi connectivity index (χ2v) is 12.1. The molecule has 0 aromatic carbocycles. The number of carbonyl (C=O) groups is 1. The summed E-state index contributed by atoms with van der Waals surface area (Å²) in [5.41, 5.74) is 21.9. The number of aliphatic hydroxyl groups is 6. The van der Waals surface area contributed by atoms with Crippen molar-refractivity contribution in [3.63, 3.8) is 0 Å². The number of ether oxygens (including phenoxy) is 4. The number of carbonyl (C=O) groups excluding carboxylic acids is 1. The first-order chi connectivity index (χ1) is 21.7. The zero-order valence-electron chi connectivity index (χ0n) is 26.1. The van der Waals surface area contributed by atoms with E-state index in [4.69, 9.17) is 47.0 Å². The fourth-order valence-electron chi connectivity index (χ4n) is 5.67. The van der Waals surface area contributed by atoms with Crippen LogP contribution in [0.2, 0.25) is 0 Å². The Morgan fingerprint density at radius 2 is 1.85 bits per heavy atom. The molecule has 19 heteroatoms. The first kappa shape index (κ1) is 38.2. The van der Waals surface area contributed by atoms with Crippen LogP contribution in [0.3, 0.4) is 0 Å². The maximum absolute atomic E-state index is 12.9. The minimum atomic E-state index is -1.53. The lowest BCUT2D eigenvalue weighted by molar-refractivity contribution is -0.304. The van der Waals surface area contributed by atoms with Crippen LogP contribution in [0.15, 0.2) is 16.8 Å². The van der Waals surface area contributed by atoms with E-state index in [0.29, 0.717) is 12.2 Å². The number of rotatable bonds is 15. The van der Waals surface area contributed by atoms with Crippen LogP contribution in [0.25, 0.3) is 0 Å². The minimum absolute atomic E-state index is 0.000000598. The van der Waals surface area contributed by atoms with Gasteiger partial charge in [-0.05, 0) is 32.9 Å². The third kappa shape index (κ3) is 10.1. The summed E-state index contributed by atoms with van der Waals surface area (Å²) in [4.78, 5) is 16.7. The lowest BCUT2D eigenvalue weighted by Crippen LogP contribution is -2.69. The number of likely N-dealkylation sites (N-methyl/N-ethyl adjacent to an activating group) is 1. The van der Waals surface area contributed by atoms with Gasteiger partial charge in [0, 0.05) is 25.6 Å². The summed E-state index contributed by atoms with van der Waals surface area (Å²) in [6.45, 7) is 1.19. The van der Waals surface area contributed by atoms with Crippen molar-refractivity contribution in [2.24, 2.45) is 27.9 Å². The Hall–Kier alpha value is -2.24. The predicted octanol–water partition coefficient (Wildman–Crippen LogP) is -6.69. The van der Waals surface area contributed by atoms with E-state index in [-0.39, 0.29) is 45.0 Å². The fourth-order valence-corrected chi connectivity index (χ4v) is 5.67. The highest BCUT2D eigenvalue weighted by Gasteiger charge is 2.52. The van der Waals surface area contributed by atoms with E-state index < -0.39 is 91.5 Å². The summed E-state index contributed by atoms with van der Waals surface area (Å²) in [6.07, 6.45) is -8.13. The largest absolute Gasteiger partial charge is 0.467 e. The summed E-state index contributed by atoms with van der Waals surface area (Å²) in [6, 6.07) is -3.37. The minimum Gasteiger partial charge on any atom is -0.467 e. The van der Waals surface area contributed by atoms with E-state index in [9.17, 15) is 30.3 Å². The van der Waals surface area contributed by atoms with Crippen LogP contribution < -0.4 is 38.9 Å². The second kappa shape index (κ2) is 17.2.